The van der Waals surface area contributed by atoms with Crippen LogP contribution in [0.25, 0.3) is 33.7 Å². The fraction of sp³-hybridized carbons (Fsp3) is 0.227. The third kappa shape index (κ3) is 3.99. The van der Waals surface area contributed by atoms with Crippen LogP contribution in [0.4, 0.5) is 0 Å². The van der Waals surface area contributed by atoms with Crippen LogP contribution in [-0.4, -0.2) is 32.4 Å². The number of aliphatic carboxylic acids is 1. The molecule has 0 amide bonds. The Morgan fingerprint density at radius 3 is 2.62 bits per heavy atom. The normalized spacial score (nSPS) is 11.3. The highest BCUT2D eigenvalue weighted by molar-refractivity contribution is 5.84. The lowest BCUT2D eigenvalue weighted by molar-refractivity contribution is -0.137. The molecule has 0 aliphatic carbocycles. The molecule has 0 aliphatic rings. The molecule has 0 atom stereocenters. The lowest BCUT2D eigenvalue weighted by Gasteiger charge is -2.09. The Balaban J connectivity index is 1.52. The van der Waals surface area contributed by atoms with Crippen molar-refractivity contribution in [1.82, 2.24) is 14.7 Å². The maximum atomic E-state index is 10.5. The fourth-order valence-corrected chi connectivity index (χ4v) is 3.16. The minimum absolute atomic E-state index is 0.0408. The van der Waals surface area contributed by atoms with Crippen molar-refractivity contribution < 1.29 is 19.2 Å². The third-order valence-electron chi connectivity index (χ3n) is 4.65. The van der Waals surface area contributed by atoms with E-state index in [1.165, 1.54) is 5.52 Å². The molecule has 7 nitrogen and oxygen atoms in total. The smallest absolute Gasteiger partial charge is 0.306 e. The highest BCUT2D eigenvalue weighted by Gasteiger charge is 2.13. The van der Waals surface area contributed by atoms with Gasteiger partial charge in [-0.15, -0.1) is 0 Å². The molecule has 2 aromatic heterocycles. The van der Waals surface area contributed by atoms with Crippen molar-refractivity contribution in [2.45, 2.75) is 26.3 Å². The van der Waals surface area contributed by atoms with Gasteiger partial charge in [0.1, 0.15) is 5.75 Å². The van der Waals surface area contributed by atoms with E-state index in [1.54, 1.807) is 12.1 Å². The van der Waals surface area contributed by atoms with Crippen molar-refractivity contribution in [2.75, 3.05) is 6.61 Å². The number of hydrogen-bond donors (Lipinski definition) is 1. The van der Waals surface area contributed by atoms with Crippen molar-refractivity contribution in [3.63, 3.8) is 0 Å². The Morgan fingerprint density at radius 2 is 1.90 bits per heavy atom. The maximum absolute atomic E-state index is 10.5. The number of nitrogens with zero attached hydrogens (tertiary/aromatic N) is 3. The van der Waals surface area contributed by atoms with Crippen LogP contribution in [-0.2, 0) is 4.79 Å². The number of ether oxygens (including phenoxy) is 1. The predicted octanol–water partition coefficient (Wildman–Crippen LogP) is 4.79. The molecule has 2 heterocycles. The van der Waals surface area contributed by atoms with Gasteiger partial charge in [0.15, 0.2) is 0 Å². The first-order valence-corrected chi connectivity index (χ1v) is 9.41. The van der Waals surface area contributed by atoms with Crippen LogP contribution in [0.15, 0.2) is 59.3 Å². The second-order valence-electron chi connectivity index (χ2n) is 7.03. The summed E-state index contributed by atoms with van der Waals surface area (Å²) in [6.45, 7) is 4.43. The molecule has 4 rings (SSSR count). The average Bonchev–Trinajstić information content (AvgIpc) is 3.35. The Bertz CT molecular complexity index is 1140. The zero-order chi connectivity index (χ0) is 20.4. The van der Waals surface area contributed by atoms with E-state index in [1.807, 2.05) is 24.3 Å². The van der Waals surface area contributed by atoms with E-state index in [0.29, 0.717) is 23.5 Å². The zero-order valence-corrected chi connectivity index (χ0v) is 16.2. The number of hydrogen-bond acceptors (Lipinski definition) is 5. The molecular weight excluding hydrogens is 370 g/mol. The number of aromatic nitrogens is 3. The molecule has 0 saturated carbocycles. The summed E-state index contributed by atoms with van der Waals surface area (Å²) in [5, 5.41) is 13.9. The van der Waals surface area contributed by atoms with Gasteiger partial charge in [-0.25, -0.2) is 0 Å². The lowest BCUT2D eigenvalue weighted by Crippen LogP contribution is -2.04. The van der Waals surface area contributed by atoms with E-state index in [-0.39, 0.29) is 13.0 Å². The monoisotopic (exact) mass is 391 g/mol. The van der Waals surface area contributed by atoms with Crippen LogP contribution in [0, 0.1) is 0 Å². The van der Waals surface area contributed by atoms with Crippen LogP contribution in [0.2, 0.25) is 0 Å². The van der Waals surface area contributed by atoms with Gasteiger partial charge in [0.2, 0.25) is 5.82 Å². The highest BCUT2D eigenvalue weighted by atomic mass is 16.5. The molecule has 0 spiro atoms. The molecule has 148 valence electrons. The Kier molecular flexibility index (Phi) is 5.03. The van der Waals surface area contributed by atoms with Gasteiger partial charge in [-0.1, -0.05) is 5.16 Å². The van der Waals surface area contributed by atoms with Gasteiger partial charge in [-0.3, -0.25) is 4.79 Å². The predicted molar refractivity (Wildman–Crippen MR) is 109 cm³/mol. The summed E-state index contributed by atoms with van der Waals surface area (Å²) in [4.78, 5) is 15.1. The number of fused-ring (bicyclic) bond motifs is 1. The van der Waals surface area contributed by atoms with Crippen LogP contribution < -0.4 is 4.74 Å². The lowest BCUT2D eigenvalue weighted by atomic mass is 10.1. The summed E-state index contributed by atoms with van der Waals surface area (Å²) < 4.78 is 13.1. The van der Waals surface area contributed by atoms with Crippen LogP contribution in [0.1, 0.15) is 26.3 Å². The third-order valence-corrected chi connectivity index (χ3v) is 4.65. The van der Waals surface area contributed by atoms with Crippen molar-refractivity contribution >= 4 is 16.9 Å². The summed E-state index contributed by atoms with van der Waals surface area (Å²) in [5.74, 6) is 0.650. The van der Waals surface area contributed by atoms with Gasteiger partial charge < -0.3 is 18.9 Å². The first-order valence-electron chi connectivity index (χ1n) is 9.41. The highest BCUT2D eigenvalue weighted by Crippen LogP contribution is 2.28. The number of carbonyl (C=O) groups is 1. The van der Waals surface area contributed by atoms with Gasteiger partial charge in [-0.2, -0.15) is 4.98 Å². The second-order valence-corrected chi connectivity index (χ2v) is 7.03. The van der Waals surface area contributed by atoms with Crippen molar-refractivity contribution in [3.8, 4) is 28.6 Å². The second kappa shape index (κ2) is 7.79. The van der Waals surface area contributed by atoms with E-state index in [9.17, 15) is 4.79 Å². The number of carboxylic acids is 1. The molecule has 0 fully saturated rings. The molecule has 4 aromatic rings. The average molecular weight is 391 g/mol. The first-order chi connectivity index (χ1) is 14.0. The van der Waals surface area contributed by atoms with Crippen molar-refractivity contribution in [3.05, 3.63) is 54.7 Å². The van der Waals surface area contributed by atoms with Gasteiger partial charge in [0.25, 0.3) is 5.89 Å². The van der Waals surface area contributed by atoms with E-state index in [0.717, 1.165) is 16.5 Å². The van der Waals surface area contributed by atoms with Crippen molar-refractivity contribution in [1.29, 1.82) is 0 Å². The minimum Gasteiger partial charge on any atom is -0.493 e. The van der Waals surface area contributed by atoms with Crippen LogP contribution in [0.5, 0.6) is 5.75 Å². The Labute approximate surface area is 167 Å². The summed E-state index contributed by atoms with van der Waals surface area (Å²) in [6.07, 6.45) is 2.04. The summed E-state index contributed by atoms with van der Waals surface area (Å²) in [6, 6.07) is 15.7. The van der Waals surface area contributed by atoms with Crippen LogP contribution >= 0.6 is 0 Å². The molecule has 7 heteroatoms. The van der Waals surface area contributed by atoms with Gasteiger partial charge in [-0.05, 0) is 62.4 Å². The zero-order valence-electron chi connectivity index (χ0n) is 16.2. The molecule has 1 N–H and O–H groups in total. The number of carboxylic acid groups (broad SMARTS) is 1. The molecule has 0 aliphatic heterocycles. The minimum atomic E-state index is -0.889. The largest absolute Gasteiger partial charge is 0.493 e. The first kappa shape index (κ1) is 18.7. The number of rotatable bonds is 7. The van der Waals surface area contributed by atoms with Gasteiger partial charge >= 0.3 is 5.97 Å². The molecule has 0 saturated heterocycles. The fourth-order valence-electron chi connectivity index (χ4n) is 3.16. The molecule has 0 unspecified atom stereocenters. The topological polar surface area (TPSA) is 90.4 Å². The van der Waals surface area contributed by atoms with E-state index in [4.69, 9.17) is 14.4 Å². The summed E-state index contributed by atoms with van der Waals surface area (Å²) >= 11 is 0. The molecule has 0 bridgehead atoms. The van der Waals surface area contributed by atoms with Crippen LogP contribution in [0.3, 0.4) is 0 Å². The molecular formula is C22H21N3O4. The summed E-state index contributed by atoms with van der Waals surface area (Å²) in [7, 11) is 0. The Morgan fingerprint density at radius 1 is 1.14 bits per heavy atom. The quantitative estimate of drug-likeness (QED) is 0.487. The molecule has 2 aromatic carbocycles. The van der Waals surface area contributed by atoms with Gasteiger partial charge in [0, 0.05) is 34.3 Å². The Hall–Kier alpha value is -3.61. The van der Waals surface area contributed by atoms with Crippen molar-refractivity contribution in [2.24, 2.45) is 0 Å². The van der Waals surface area contributed by atoms with E-state index >= 15 is 0 Å². The maximum Gasteiger partial charge on any atom is 0.306 e. The standard InChI is InChI=1S/C22H21N3O4/c1-14(2)25-11-9-16-13-17(5-8-19(16)25)22-23-21(24-29-22)15-3-6-18(7-4-15)28-12-10-20(26)27/h3-9,11,13-14H,10,12H2,1-2H3,(H,26,27). The number of benzene rings is 2. The summed E-state index contributed by atoms with van der Waals surface area (Å²) in [5.41, 5.74) is 2.82. The van der Waals surface area contributed by atoms with E-state index in [2.05, 4.69) is 46.9 Å². The molecule has 0 radical (unpaired) electrons. The molecule has 29 heavy (non-hydrogen) atoms. The van der Waals surface area contributed by atoms with Gasteiger partial charge in [0.05, 0.1) is 13.0 Å². The SMILES string of the molecule is CC(C)n1ccc2cc(-c3nc(-c4ccc(OCCC(=O)O)cc4)no3)ccc21. The van der Waals surface area contributed by atoms with E-state index < -0.39 is 5.97 Å².